The Morgan fingerprint density at radius 2 is 1.96 bits per heavy atom. The summed E-state index contributed by atoms with van der Waals surface area (Å²) in [5, 5.41) is 8.62. The maximum absolute atomic E-state index is 12.5. The first-order chi connectivity index (χ1) is 11.5. The number of aliphatic carboxylic acids is 1. The quantitative estimate of drug-likeness (QED) is 0.428. The zero-order valence-electron chi connectivity index (χ0n) is 13.7. The zero-order chi connectivity index (χ0) is 17.5. The van der Waals surface area contributed by atoms with Crippen molar-refractivity contribution in [3.05, 3.63) is 40.3 Å². The summed E-state index contributed by atoms with van der Waals surface area (Å²) in [5.74, 6) is -0.833. The number of carboxylic acid groups (broad SMARTS) is 1. The van der Waals surface area contributed by atoms with Crippen LogP contribution in [0.1, 0.15) is 43.7 Å². The number of nitrogens with zero attached hydrogens (tertiary/aromatic N) is 1. The first-order valence-electron chi connectivity index (χ1n) is 8.07. The minimum Gasteiger partial charge on any atom is -0.481 e. The summed E-state index contributed by atoms with van der Waals surface area (Å²) < 4.78 is 0.578. The summed E-state index contributed by atoms with van der Waals surface area (Å²) in [5.41, 5.74) is 2.26. The second-order valence-corrected chi connectivity index (χ2v) is 7.31. The van der Waals surface area contributed by atoms with Gasteiger partial charge in [0.25, 0.3) is 5.91 Å². The van der Waals surface area contributed by atoms with Crippen LogP contribution in [0.2, 0.25) is 0 Å². The predicted octanol–water partition coefficient (Wildman–Crippen LogP) is 4.10. The lowest BCUT2D eigenvalue weighted by molar-refractivity contribution is -0.137. The van der Waals surface area contributed by atoms with Gasteiger partial charge in [-0.05, 0) is 36.5 Å². The molecule has 1 aliphatic heterocycles. The van der Waals surface area contributed by atoms with Crippen LogP contribution in [0.4, 0.5) is 0 Å². The van der Waals surface area contributed by atoms with Gasteiger partial charge in [0, 0.05) is 13.0 Å². The van der Waals surface area contributed by atoms with Gasteiger partial charge in [-0.25, -0.2) is 0 Å². The summed E-state index contributed by atoms with van der Waals surface area (Å²) in [6.45, 7) is 2.66. The summed E-state index contributed by atoms with van der Waals surface area (Å²) >= 11 is 6.63. The van der Waals surface area contributed by atoms with E-state index in [-0.39, 0.29) is 12.3 Å². The van der Waals surface area contributed by atoms with Crippen molar-refractivity contribution in [1.29, 1.82) is 0 Å². The SMILES string of the molecule is CCc1ccc(C=C2SC(=S)N(CCCCCC(=O)O)C2=O)cc1. The van der Waals surface area contributed by atoms with Crippen molar-refractivity contribution in [3.63, 3.8) is 0 Å². The van der Waals surface area contributed by atoms with Gasteiger partial charge >= 0.3 is 5.97 Å². The van der Waals surface area contributed by atoms with Gasteiger partial charge < -0.3 is 5.11 Å². The third kappa shape index (κ3) is 5.18. The van der Waals surface area contributed by atoms with E-state index in [1.165, 1.54) is 17.3 Å². The molecule has 2 rings (SSSR count). The molecule has 0 unspecified atom stereocenters. The van der Waals surface area contributed by atoms with E-state index in [2.05, 4.69) is 19.1 Å². The monoisotopic (exact) mass is 363 g/mol. The van der Waals surface area contributed by atoms with E-state index in [0.29, 0.717) is 22.2 Å². The molecular weight excluding hydrogens is 342 g/mol. The molecule has 0 aliphatic carbocycles. The van der Waals surface area contributed by atoms with Gasteiger partial charge in [0.15, 0.2) is 0 Å². The molecule has 128 valence electrons. The summed E-state index contributed by atoms with van der Waals surface area (Å²) in [4.78, 5) is 25.2. The van der Waals surface area contributed by atoms with E-state index in [9.17, 15) is 9.59 Å². The van der Waals surface area contributed by atoms with Crippen molar-refractivity contribution in [3.8, 4) is 0 Å². The van der Waals surface area contributed by atoms with E-state index < -0.39 is 5.97 Å². The lowest BCUT2D eigenvalue weighted by Crippen LogP contribution is -2.29. The fourth-order valence-corrected chi connectivity index (χ4v) is 3.73. The molecule has 1 aliphatic rings. The molecular formula is C18H21NO3S2. The van der Waals surface area contributed by atoms with Crippen LogP contribution in [0.3, 0.4) is 0 Å². The van der Waals surface area contributed by atoms with Crippen LogP contribution in [-0.4, -0.2) is 32.7 Å². The Morgan fingerprint density at radius 3 is 2.58 bits per heavy atom. The highest BCUT2D eigenvalue weighted by molar-refractivity contribution is 8.26. The lowest BCUT2D eigenvalue weighted by Gasteiger charge is -2.13. The van der Waals surface area contributed by atoms with Gasteiger partial charge in [-0.3, -0.25) is 14.5 Å². The number of aryl methyl sites for hydroxylation is 1. The molecule has 1 fully saturated rings. The number of unbranched alkanes of at least 4 members (excludes halogenated alkanes) is 2. The molecule has 0 radical (unpaired) electrons. The number of thioether (sulfide) groups is 1. The van der Waals surface area contributed by atoms with Crippen LogP contribution in [0.15, 0.2) is 29.2 Å². The smallest absolute Gasteiger partial charge is 0.303 e. The van der Waals surface area contributed by atoms with Gasteiger partial charge in [0.1, 0.15) is 4.32 Å². The number of amides is 1. The van der Waals surface area contributed by atoms with Crippen molar-refractivity contribution in [2.45, 2.75) is 39.0 Å². The number of carbonyl (C=O) groups is 2. The largest absolute Gasteiger partial charge is 0.481 e. The standard InChI is InChI=1S/C18H21NO3S2/c1-2-13-7-9-14(10-8-13)12-15-17(22)19(18(23)24-15)11-5-3-4-6-16(20)21/h7-10,12H,2-6,11H2,1H3,(H,20,21). The van der Waals surface area contributed by atoms with Gasteiger partial charge in [-0.1, -0.05) is 61.6 Å². The van der Waals surface area contributed by atoms with E-state index in [1.54, 1.807) is 4.90 Å². The van der Waals surface area contributed by atoms with Crippen molar-refractivity contribution in [1.82, 2.24) is 4.90 Å². The Morgan fingerprint density at radius 1 is 1.25 bits per heavy atom. The minimum atomic E-state index is -0.780. The van der Waals surface area contributed by atoms with Gasteiger partial charge in [-0.2, -0.15) is 0 Å². The average Bonchev–Trinajstić information content (AvgIpc) is 2.82. The maximum atomic E-state index is 12.5. The summed E-state index contributed by atoms with van der Waals surface area (Å²) in [7, 11) is 0. The average molecular weight is 364 g/mol. The number of rotatable bonds is 8. The third-order valence-electron chi connectivity index (χ3n) is 3.83. The third-order valence-corrected chi connectivity index (χ3v) is 5.21. The number of carboxylic acids is 1. The molecule has 0 bridgehead atoms. The van der Waals surface area contributed by atoms with Gasteiger partial charge in [0.2, 0.25) is 0 Å². The lowest BCUT2D eigenvalue weighted by atomic mass is 10.1. The number of hydrogen-bond acceptors (Lipinski definition) is 4. The van der Waals surface area contributed by atoms with E-state index in [4.69, 9.17) is 17.3 Å². The molecule has 0 aromatic heterocycles. The van der Waals surface area contributed by atoms with E-state index >= 15 is 0 Å². The van der Waals surface area contributed by atoms with Crippen LogP contribution in [0.5, 0.6) is 0 Å². The zero-order valence-corrected chi connectivity index (χ0v) is 15.3. The summed E-state index contributed by atoms with van der Waals surface area (Å²) in [6, 6.07) is 8.15. The van der Waals surface area contributed by atoms with E-state index in [0.717, 1.165) is 24.8 Å². The highest BCUT2D eigenvalue weighted by Crippen LogP contribution is 2.32. The van der Waals surface area contributed by atoms with Crippen molar-refractivity contribution in [2.24, 2.45) is 0 Å². The highest BCUT2D eigenvalue weighted by atomic mass is 32.2. The number of thiocarbonyl (C=S) groups is 1. The Hall–Kier alpha value is -1.66. The summed E-state index contributed by atoms with van der Waals surface area (Å²) in [6.07, 6.45) is 5.21. The second-order valence-electron chi connectivity index (χ2n) is 5.63. The molecule has 24 heavy (non-hydrogen) atoms. The van der Waals surface area contributed by atoms with Crippen LogP contribution in [0.25, 0.3) is 6.08 Å². The fourth-order valence-electron chi connectivity index (χ4n) is 2.42. The number of hydrogen-bond donors (Lipinski definition) is 1. The molecule has 1 aromatic carbocycles. The molecule has 0 saturated carbocycles. The number of carbonyl (C=O) groups excluding carboxylic acids is 1. The first kappa shape index (κ1) is 18.7. The van der Waals surface area contributed by atoms with E-state index in [1.807, 2.05) is 18.2 Å². The molecule has 1 aromatic rings. The van der Waals surface area contributed by atoms with Gasteiger partial charge in [-0.15, -0.1) is 0 Å². The van der Waals surface area contributed by atoms with Crippen LogP contribution in [-0.2, 0) is 16.0 Å². The molecule has 0 spiro atoms. The Labute approximate surface area is 151 Å². The van der Waals surface area contributed by atoms with Crippen molar-refractivity contribution in [2.75, 3.05) is 6.54 Å². The minimum absolute atomic E-state index is 0.0530. The topological polar surface area (TPSA) is 57.6 Å². The second kappa shape index (κ2) is 8.99. The molecule has 4 nitrogen and oxygen atoms in total. The number of benzene rings is 1. The molecule has 6 heteroatoms. The molecule has 1 heterocycles. The van der Waals surface area contributed by atoms with Crippen LogP contribution < -0.4 is 0 Å². The maximum Gasteiger partial charge on any atom is 0.303 e. The molecule has 1 amide bonds. The van der Waals surface area contributed by atoms with Crippen molar-refractivity contribution < 1.29 is 14.7 Å². The Kier molecular flexibility index (Phi) is 6.99. The molecule has 1 saturated heterocycles. The first-order valence-corrected chi connectivity index (χ1v) is 9.30. The molecule has 1 N–H and O–H groups in total. The van der Waals surface area contributed by atoms with Crippen molar-refractivity contribution >= 4 is 46.3 Å². The fraction of sp³-hybridized carbons (Fsp3) is 0.389. The van der Waals surface area contributed by atoms with Crippen LogP contribution in [0, 0.1) is 0 Å². The molecule has 0 atom stereocenters. The Bertz CT molecular complexity index is 653. The van der Waals surface area contributed by atoms with Crippen LogP contribution >= 0.6 is 24.0 Å². The predicted molar refractivity (Wildman–Crippen MR) is 102 cm³/mol. The van der Waals surface area contributed by atoms with Gasteiger partial charge in [0.05, 0.1) is 4.91 Å². The Balaban J connectivity index is 1.92. The normalized spacial score (nSPS) is 16.2. The highest BCUT2D eigenvalue weighted by Gasteiger charge is 2.31.